The average molecular weight is 1150 g/mol. The minimum Gasteiger partial charge on any atom is -0.451 e. The molecular weight excluding hydrogens is 1060 g/mol. The van der Waals surface area contributed by atoms with Crippen molar-refractivity contribution in [1.82, 2.24) is 31.9 Å². The molecule has 81 heavy (non-hydrogen) atoms. The summed E-state index contributed by atoms with van der Waals surface area (Å²) in [5.74, 6) is -17.1. The summed E-state index contributed by atoms with van der Waals surface area (Å²) >= 11 is 0. The lowest BCUT2D eigenvalue weighted by atomic mass is 9.98. The van der Waals surface area contributed by atoms with Gasteiger partial charge in [-0.1, -0.05) is 125 Å². The van der Waals surface area contributed by atoms with Gasteiger partial charge >= 0.3 is 35.8 Å². The number of carbonyl (C=O) groups excluding carboxylic acids is 12. The van der Waals surface area contributed by atoms with Crippen LogP contribution < -0.4 is 31.9 Å². The Hall–Kier alpha value is -6.36. The minimum atomic E-state index is -1.56. The molecule has 6 amide bonds. The zero-order valence-corrected chi connectivity index (χ0v) is 51.6. The first-order valence-corrected chi connectivity index (χ1v) is 28.5. The molecule has 0 aromatic carbocycles. The number of amides is 6. The lowest BCUT2D eigenvalue weighted by molar-refractivity contribution is -0.167. The first kappa shape index (κ1) is 72.7. The molecule has 1 heterocycles. The third-order valence-corrected chi connectivity index (χ3v) is 13.9. The van der Waals surface area contributed by atoms with Crippen molar-refractivity contribution in [2.45, 2.75) is 238 Å². The molecule has 24 heteroatoms. The van der Waals surface area contributed by atoms with Gasteiger partial charge in [-0.2, -0.15) is 0 Å². The predicted molar refractivity (Wildman–Crippen MR) is 295 cm³/mol. The molecule has 0 aliphatic carbocycles. The molecule has 0 bridgehead atoms. The Bertz CT molecular complexity index is 2170. The van der Waals surface area contributed by atoms with E-state index in [2.05, 4.69) is 31.9 Å². The van der Waals surface area contributed by atoms with Crippen molar-refractivity contribution in [2.24, 2.45) is 53.3 Å². The maximum absolute atomic E-state index is 14.1. The maximum Gasteiger partial charge on any atom is 0.329 e. The summed E-state index contributed by atoms with van der Waals surface area (Å²) in [5.41, 5.74) is 0. The Labute approximate surface area is 478 Å². The molecule has 0 unspecified atom stereocenters. The summed E-state index contributed by atoms with van der Waals surface area (Å²) in [6.07, 6.45) is -8.61. The van der Waals surface area contributed by atoms with Crippen LogP contribution in [0.25, 0.3) is 0 Å². The quantitative estimate of drug-likeness (QED) is 0.120. The predicted octanol–water partition coefficient (Wildman–Crippen LogP) is 3.51. The summed E-state index contributed by atoms with van der Waals surface area (Å²) in [7, 11) is 0. The van der Waals surface area contributed by atoms with E-state index in [4.69, 9.17) is 28.4 Å². The summed E-state index contributed by atoms with van der Waals surface area (Å²) in [4.78, 5) is 166. The smallest absolute Gasteiger partial charge is 0.329 e. The van der Waals surface area contributed by atoms with Gasteiger partial charge in [0.2, 0.25) is 0 Å². The SMILES string of the molecule is CC[C@H](C)[C@H]1OC(=O)[C@H](C(C)C)NC(=O)[C@H](C)OC(=O)[C@@H](C(C)C)NC(=O)[C@@H]([C@@H](C)CC)OC(=O)[C@H](C(C)C)NC(=O)[C@H](C)OC(=O)[C@@H](C(C)C)NC(=O)[C@@H](CC(C)C)OC(=O)[C@H](C(C)C)NC(=O)[C@H](C)OC(=O)[C@@H](C(C)C)NC1=O. The molecule has 0 radical (unpaired) electrons. The highest BCUT2D eigenvalue weighted by Crippen LogP contribution is 2.21. The molecule has 0 spiro atoms. The molecule has 6 N–H and O–H groups in total. The van der Waals surface area contributed by atoms with Gasteiger partial charge in [0.1, 0.15) is 36.3 Å². The second kappa shape index (κ2) is 33.5. The lowest BCUT2D eigenvalue weighted by Crippen LogP contribution is -2.56. The van der Waals surface area contributed by atoms with Crippen LogP contribution in [0.2, 0.25) is 0 Å². The van der Waals surface area contributed by atoms with Crippen molar-refractivity contribution in [3.05, 3.63) is 0 Å². The maximum atomic E-state index is 14.1. The van der Waals surface area contributed by atoms with Gasteiger partial charge in [0, 0.05) is 11.8 Å². The highest BCUT2D eigenvalue weighted by molar-refractivity contribution is 5.96. The van der Waals surface area contributed by atoms with E-state index in [0.717, 1.165) is 0 Å². The molecule has 1 fully saturated rings. The van der Waals surface area contributed by atoms with Crippen molar-refractivity contribution in [2.75, 3.05) is 0 Å². The Kier molecular flexibility index (Phi) is 30.1. The molecule has 1 aliphatic rings. The minimum absolute atomic E-state index is 0.0341. The second-order valence-electron chi connectivity index (χ2n) is 23.7. The van der Waals surface area contributed by atoms with Crippen LogP contribution >= 0.6 is 0 Å². The van der Waals surface area contributed by atoms with Crippen LogP contribution in [0.3, 0.4) is 0 Å². The van der Waals surface area contributed by atoms with E-state index in [1.807, 2.05) is 0 Å². The zero-order chi connectivity index (χ0) is 62.7. The van der Waals surface area contributed by atoms with Crippen molar-refractivity contribution < 1.29 is 86.0 Å². The Morgan fingerprint density at radius 2 is 0.519 bits per heavy atom. The number of ether oxygens (including phenoxy) is 6. The fraction of sp³-hybridized carbons (Fsp3) is 0.789. The summed E-state index contributed by atoms with van der Waals surface area (Å²) in [6, 6.07) is -8.37. The molecule has 0 aromatic rings. The van der Waals surface area contributed by atoms with E-state index < -0.39 is 191 Å². The normalized spacial score (nSPS) is 28.9. The van der Waals surface area contributed by atoms with Crippen molar-refractivity contribution in [3.63, 3.8) is 0 Å². The topological polar surface area (TPSA) is 332 Å². The standard InChI is InChI=1S/C57H96N6O18/c1-22-32(17)44-50(68)62-39(27(7)8)53(71)77-34(19)46(64)58-41(29(11)12)55(73)79-37(24-25(3)4)49(67)61-38(26(5)6)52(70)76-35(20)47(65)59-42(30(13)14)56(74)80-45(33(18)23-2)51(69)63-40(28(9)10)54(72)78-36(21)48(66)60-43(31(15)16)57(75)81-44/h25-45H,22-24H2,1-21H3,(H,58,64)(H,59,65)(H,60,66)(H,61,67)(H,62,68)(H,63,69)/t32-,33-,34-,35-,36-,37+,38+,39+,40+,41-,42-,43-,44+,45+/m0/s1. The van der Waals surface area contributed by atoms with Crippen LogP contribution in [0.4, 0.5) is 0 Å². The first-order valence-electron chi connectivity index (χ1n) is 28.5. The van der Waals surface area contributed by atoms with Crippen LogP contribution in [0.5, 0.6) is 0 Å². The highest BCUT2D eigenvalue weighted by Gasteiger charge is 2.42. The van der Waals surface area contributed by atoms with Crippen LogP contribution in [0, 0.1) is 53.3 Å². The number of hydrogen-bond donors (Lipinski definition) is 6. The Morgan fingerprint density at radius 3 is 0.741 bits per heavy atom. The number of carbonyl (C=O) groups is 12. The van der Waals surface area contributed by atoms with Gasteiger partial charge in [0.05, 0.1) is 0 Å². The zero-order valence-electron chi connectivity index (χ0n) is 51.6. The van der Waals surface area contributed by atoms with E-state index in [9.17, 15) is 57.5 Å². The van der Waals surface area contributed by atoms with E-state index in [-0.39, 0.29) is 12.3 Å². The largest absolute Gasteiger partial charge is 0.451 e. The van der Waals surface area contributed by atoms with Gasteiger partial charge in [0.25, 0.3) is 35.4 Å². The Balaban J connectivity index is 3.95. The summed E-state index contributed by atoms with van der Waals surface area (Å²) < 4.78 is 33.9. The molecule has 1 saturated heterocycles. The fourth-order valence-electron chi connectivity index (χ4n) is 7.95. The molecule has 462 valence electrons. The van der Waals surface area contributed by atoms with Gasteiger partial charge in [-0.15, -0.1) is 0 Å². The molecule has 24 nitrogen and oxygen atoms in total. The summed E-state index contributed by atoms with van der Waals surface area (Å²) in [6.45, 7) is 33.1. The molecular formula is C57H96N6O18. The molecule has 14 atom stereocenters. The molecule has 0 aromatic heterocycles. The van der Waals surface area contributed by atoms with E-state index in [0.29, 0.717) is 12.8 Å². The molecule has 1 rings (SSSR count). The summed E-state index contributed by atoms with van der Waals surface area (Å²) in [5, 5.41) is 15.3. The third-order valence-electron chi connectivity index (χ3n) is 13.9. The third kappa shape index (κ3) is 22.5. The second-order valence-corrected chi connectivity index (χ2v) is 23.7. The van der Waals surface area contributed by atoms with E-state index in [1.165, 1.54) is 20.8 Å². The molecule has 1 aliphatic heterocycles. The van der Waals surface area contributed by atoms with Crippen molar-refractivity contribution in [1.29, 1.82) is 0 Å². The van der Waals surface area contributed by atoms with Gasteiger partial charge in [0.15, 0.2) is 36.6 Å². The highest BCUT2D eigenvalue weighted by atomic mass is 16.6. The van der Waals surface area contributed by atoms with Crippen LogP contribution in [0.15, 0.2) is 0 Å². The average Bonchev–Trinajstić information content (AvgIpc) is 3.40. The first-order chi connectivity index (χ1) is 37.4. The number of cyclic esters (lactones) is 6. The Morgan fingerprint density at radius 1 is 0.309 bits per heavy atom. The van der Waals surface area contributed by atoms with Gasteiger partial charge in [-0.3, -0.25) is 28.8 Å². The number of rotatable bonds is 12. The van der Waals surface area contributed by atoms with Crippen molar-refractivity contribution in [3.8, 4) is 0 Å². The van der Waals surface area contributed by atoms with Gasteiger partial charge < -0.3 is 60.3 Å². The van der Waals surface area contributed by atoms with Crippen LogP contribution in [-0.4, -0.2) is 144 Å². The van der Waals surface area contributed by atoms with Crippen molar-refractivity contribution >= 4 is 71.3 Å². The number of hydrogen-bond acceptors (Lipinski definition) is 18. The van der Waals surface area contributed by atoms with E-state index >= 15 is 0 Å². The van der Waals surface area contributed by atoms with Gasteiger partial charge in [-0.25, -0.2) is 28.8 Å². The number of nitrogens with one attached hydrogen (secondary N) is 6. The monoisotopic (exact) mass is 1150 g/mol. The molecule has 0 saturated carbocycles. The fourth-order valence-corrected chi connectivity index (χ4v) is 7.95. The van der Waals surface area contributed by atoms with Gasteiger partial charge in [-0.05, 0) is 81.5 Å². The van der Waals surface area contributed by atoms with Crippen LogP contribution in [0.1, 0.15) is 165 Å². The van der Waals surface area contributed by atoms with E-state index in [1.54, 1.807) is 125 Å². The lowest BCUT2D eigenvalue weighted by Gasteiger charge is -2.30. The number of esters is 6. The van der Waals surface area contributed by atoms with Crippen LogP contribution in [-0.2, 0) is 86.0 Å².